The zero-order valence-corrected chi connectivity index (χ0v) is 7.71. The van der Waals surface area contributed by atoms with Crippen LogP contribution in [0, 0.1) is 11.8 Å². The van der Waals surface area contributed by atoms with Crippen LogP contribution in [0.25, 0.3) is 0 Å². The van der Waals surface area contributed by atoms with E-state index in [-0.39, 0.29) is 0 Å². The first kappa shape index (κ1) is 7.60. The smallest absolute Gasteiger partial charge is 0.00952 e. The lowest BCUT2D eigenvalue weighted by molar-refractivity contribution is 0.0977. The summed E-state index contributed by atoms with van der Waals surface area (Å²) >= 11 is 0. The summed E-state index contributed by atoms with van der Waals surface area (Å²) in [5, 5.41) is 0. The highest BCUT2D eigenvalue weighted by Crippen LogP contribution is 2.35. The van der Waals surface area contributed by atoms with Crippen molar-refractivity contribution in [2.75, 3.05) is 13.1 Å². The summed E-state index contributed by atoms with van der Waals surface area (Å²) < 4.78 is 0. The van der Waals surface area contributed by atoms with Gasteiger partial charge in [-0.2, -0.15) is 0 Å². The topological polar surface area (TPSA) is 3.24 Å². The van der Waals surface area contributed by atoms with Gasteiger partial charge in [-0.1, -0.05) is 6.92 Å². The lowest BCUT2D eigenvalue weighted by Crippen LogP contribution is -2.43. The molecule has 1 heteroatoms. The molecule has 3 saturated heterocycles. The summed E-state index contributed by atoms with van der Waals surface area (Å²) in [6.45, 7) is 7.58. The van der Waals surface area contributed by atoms with Crippen LogP contribution in [0.3, 0.4) is 0 Å². The molecule has 0 aromatic rings. The summed E-state index contributed by atoms with van der Waals surface area (Å²) in [7, 11) is 0. The molecule has 0 amide bonds. The van der Waals surface area contributed by atoms with Crippen LogP contribution >= 0.6 is 0 Å². The second-order valence-corrected chi connectivity index (χ2v) is 4.33. The van der Waals surface area contributed by atoms with Gasteiger partial charge in [0.15, 0.2) is 0 Å². The predicted molar refractivity (Wildman–Crippen MR) is 47.5 cm³/mol. The predicted octanol–water partition coefficient (Wildman–Crippen LogP) is 2.13. The lowest BCUT2D eigenvalue weighted by atomic mass is 9.81. The Morgan fingerprint density at radius 3 is 2.73 bits per heavy atom. The zero-order chi connectivity index (χ0) is 7.84. The molecule has 2 unspecified atom stereocenters. The van der Waals surface area contributed by atoms with E-state index in [2.05, 4.69) is 18.7 Å². The van der Waals surface area contributed by atoms with Gasteiger partial charge in [-0.3, -0.25) is 0 Å². The maximum Gasteiger partial charge on any atom is 0.00952 e. The quantitative estimate of drug-likeness (QED) is 0.515. The summed E-state index contributed by atoms with van der Waals surface area (Å²) in [6.07, 6.45) is 4.40. The van der Waals surface area contributed by atoms with Crippen molar-refractivity contribution in [2.24, 2.45) is 11.8 Å². The van der Waals surface area contributed by atoms with E-state index in [1.54, 1.807) is 0 Å². The third kappa shape index (κ3) is 1.20. The molecule has 0 spiro atoms. The molecule has 3 aliphatic rings. The molecule has 11 heavy (non-hydrogen) atoms. The van der Waals surface area contributed by atoms with Crippen LogP contribution in [0.1, 0.15) is 33.1 Å². The minimum atomic E-state index is 0.858. The first-order valence-corrected chi connectivity index (χ1v) is 5.03. The van der Waals surface area contributed by atoms with Crippen LogP contribution < -0.4 is 0 Å². The summed E-state index contributed by atoms with van der Waals surface area (Å²) in [4.78, 5) is 2.67. The Labute approximate surface area is 69.8 Å². The van der Waals surface area contributed by atoms with Crippen molar-refractivity contribution in [3.63, 3.8) is 0 Å². The van der Waals surface area contributed by atoms with E-state index >= 15 is 0 Å². The van der Waals surface area contributed by atoms with E-state index in [4.69, 9.17) is 0 Å². The molecule has 3 aliphatic heterocycles. The largest absolute Gasteiger partial charge is 0.300 e. The van der Waals surface area contributed by atoms with Crippen molar-refractivity contribution in [1.82, 2.24) is 4.90 Å². The van der Waals surface area contributed by atoms with Gasteiger partial charge in [-0.25, -0.2) is 0 Å². The Balaban J connectivity index is 2.15. The van der Waals surface area contributed by atoms with Gasteiger partial charge in [0.05, 0.1) is 0 Å². The Morgan fingerprint density at radius 2 is 1.91 bits per heavy atom. The molecule has 0 saturated carbocycles. The number of fused-ring (bicyclic) bond motifs is 4. The van der Waals surface area contributed by atoms with Crippen molar-refractivity contribution < 1.29 is 0 Å². The number of hydrogen-bond acceptors (Lipinski definition) is 1. The average molecular weight is 153 g/mol. The molecule has 3 fully saturated rings. The maximum atomic E-state index is 2.67. The van der Waals surface area contributed by atoms with Crippen molar-refractivity contribution in [3.8, 4) is 0 Å². The van der Waals surface area contributed by atoms with Gasteiger partial charge >= 0.3 is 0 Å². The van der Waals surface area contributed by atoms with E-state index in [1.165, 1.54) is 32.4 Å². The van der Waals surface area contributed by atoms with Crippen LogP contribution in [0.4, 0.5) is 0 Å². The Kier molecular flexibility index (Phi) is 1.92. The average Bonchev–Trinajstić information content (AvgIpc) is 2.30. The van der Waals surface area contributed by atoms with Crippen molar-refractivity contribution >= 4 is 0 Å². The molecule has 0 aliphatic carbocycles. The number of hydrogen-bond donors (Lipinski definition) is 0. The fourth-order valence-electron chi connectivity index (χ4n) is 2.80. The molecule has 64 valence electrons. The van der Waals surface area contributed by atoms with E-state index < -0.39 is 0 Å². The van der Waals surface area contributed by atoms with Gasteiger partial charge in [0.1, 0.15) is 0 Å². The van der Waals surface area contributed by atoms with E-state index in [0.29, 0.717) is 0 Å². The zero-order valence-electron chi connectivity index (χ0n) is 7.71. The summed E-state index contributed by atoms with van der Waals surface area (Å²) in [6, 6.07) is 0.858. The minimum Gasteiger partial charge on any atom is -0.300 e. The van der Waals surface area contributed by atoms with Gasteiger partial charge in [0.25, 0.3) is 0 Å². The minimum absolute atomic E-state index is 0.858. The highest BCUT2D eigenvalue weighted by molar-refractivity contribution is 4.87. The van der Waals surface area contributed by atoms with E-state index in [1.807, 2.05) is 0 Å². The number of piperidine rings is 1. The molecule has 2 bridgehead atoms. The highest BCUT2D eigenvalue weighted by Gasteiger charge is 2.34. The monoisotopic (exact) mass is 153 g/mol. The Morgan fingerprint density at radius 1 is 1.09 bits per heavy atom. The van der Waals surface area contributed by atoms with Gasteiger partial charge < -0.3 is 4.90 Å². The van der Waals surface area contributed by atoms with Gasteiger partial charge in [0.2, 0.25) is 0 Å². The first-order valence-electron chi connectivity index (χ1n) is 5.03. The van der Waals surface area contributed by atoms with Gasteiger partial charge in [-0.15, -0.1) is 0 Å². The molecule has 4 atom stereocenters. The fourth-order valence-corrected chi connectivity index (χ4v) is 2.80. The molecule has 0 N–H and O–H groups in total. The van der Waals surface area contributed by atoms with Crippen molar-refractivity contribution in [3.05, 3.63) is 0 Å². The first-order chi connectivity index (χ1) is 5.29. The fraction of sp³-hybridized carbons (Fsp3) is 1.00. The van der Waals surface area contributed by atoms with Crippen LogP contribution in [0.2, 0.25) is 0 Å². The number of rotatable bonds is 0. The van der Waals surface area contributed by atoms with Crippen molar-refractivity contribution in [2.45, 2.75) is 39.2 Å². The molecule has 3 heterocycles. The molecular weight excluding hydrogens is 134 g/mol. The molecular formula is C10H19N. The number of nitrogens with zero attached hydrogens (tertiary/aromatic N) is 1. The van der Waals surface area contributed by atoms with Crippen LogP contribution in [-0.2, 0) is 0 Å². The second kappa shape index (κ2) is 2.78. The SMILES string of the molecule is C[C@H]1C2CCCN(CC2)[C@H]1C. The van der Waals surface area contributed by atoms with Crippen LogP contribution in [0.5, 0.6) is 0 Å². The van der Waals surface area contributed by atoms with Crippen molar-refractivity contribution in [1.29, 1.82) is 0 Å². The third-order valence-corrected chi connectivity index (χ3v) is 3.89. The lowest BCUT2D eigenvalue weighted by Gasteiger charge is -2.39. The van der Waals surface area contributed by atoms with E-state index in [0.717, 1.165) is 17.9 Å². The Bertz CT molecular complexity index is 120. The second-order valence-electron chi connectivity index (χ2n) is 4.33. The van der Waals surface area contributed by atoms with Crippen LogP contribution in [0.15, 0.2) is 0 Å². The van der Waals surface area contributed by atoms with Gasteiger partial charge in [0, 0.05) is 6.04 Å². The molecule has 0 radical (unpaired) electrons. The normalized spacial score (nSPS) is 50.7. The molecule has 3 rings (SSSR count). The Hall–Kier alpha value is -0.0400. The molecule has 0 aromatic carbocycles. The van der Waals surface area contributed by atoms with Crippen LogP contribution in [-0.4, -0.2) is 24.0 Å². The molecule has 0 aromatic heterocycles. The third-order valence-electron chi connectivity index (χ3n) is 3.89. The van der Waals surface area contributed by atoms with E-state index in [9.17, 15) is 0 Å². The summed E-state index contributed by atoms with van der Waals surface area (Å²) in [5.41, 5.74) is 0. The highest BCUT2D eigenvalue weighted by atomic mass is 15.2. The maximum absolute atomic E-state index is 2.67. The standard InChI is InChI=1S/C10H19N/c1-8-9(2)11-6-3-4-10(8)5-7-11/h8-10H,3-7H2,1-2H3/t8-,9+,10?/m1/s1. The summed E-state index contributed by atoms with van der Waals surface area (Å²) in [5.74, 6) is 2.00. The van der Waals surface area contributed by atoms with Gasteiger partial charge in [-0.05, 0) is 51.1 Å². The molecule has 1 nitrogen and oxygen atoms in total.